The van der Waals surface area contributed by atoms with Crippen LogP contribution in [-0.2, 0) is 9.53 Å². The van der Waals surface area contributed by atoms with Gasteiger partial charge in [0.1, 0.15) is 0 Å². The third kappa shape index (κ3) is 4.15. The van der Waals surface area contributed by atoms with Crippen LogP contribution in [0.4, 0.5) is 10.5 Å². The van der Waals surface area contributed by atoms with Crippen molar-refractivity contribution in [2.75, 3.05) is 38.1 Å². The molecule has 7 heteroatoms. The van der Waals surface area contributed by atoms with Gasteiger partial charge in [-0.1, -0.05) is 13.0 Å². The Morgan fingerprint density at radius 3 is 2.42 bits per heavy atom. The van der Waals surface area contributed by atoms with Crippen LogP contribution in [0, 0.1) is 11.8 Å². The van der Waals surface area contributed by atoms with Crippen LogP contribution in [0.15, 0.2) is 24.3 Å². The molecular weight excluding hydrogens is 334 g/mol. The topological polar surface area (TPSA) is 79.0 Å². The molecule has 1 aromatic rings. The quantitative estimate of drug-likeness (QED) is 0.894. The Labute approximate surface area is 153 Å². The zero-order valence-electron chi connectivity index (χ0n) is 15.2. The minimum absolute atomic E-state index is 0.0187. The number of ether oxygens (including phenoxy) is 1. The van der Waals surface area contributed by atoms with Crippen molar-refractivity contribution in [3.05, 3.63) is 29.8 Å². The monoisotopic (exact) mass is 359 g/mol. The van der Waals surface area contributed by atoms with Crippen LogP contribution >= 0.6 is 0 Å². The second kappa shape index (κ2) is 7.76. The lowest BCUT2D eigenvalue weighted by Crippen LogP contribution is -2.50. The molecule has 1 aliphatic carbocycles. The zero-order chi connectivity index (χ0) is 18.7. The number of benzene rings is 1. The number of amides is 3. The number of piperazine rings is 1. The summed E-state index contributed by atoms with van der Waals surface area (Å²) in [5, 5.41) is 2.89. The molecule has 26 heavy (non-hydrogen) atoms. The van der Waals surface area contributed by atoms with E-state index in [-0.39, 0.29) is 23.8 Å². The van der Waals surface area contributed by atoms with Crippen LogP contribution in [-0.4, -0.2) is 60.5 Å². The highest BCUT2D eigenvalue weighted by molar-refractivity contribution is 5.98. The van der Waals surface area contributed by atoms with Crippen LogP contribution < -0.4 is 5.32 Å². The van der Waals surface area contributed by atoms with Gasteiger partial charge in [-0.25, -0.2) is 4.79 Å². The molecule has 1 saturated carbocycles. The molecular formula is C19H25N3O4. The Balaban J connectivity index is 1.57. The van der Waals surface area contributed by atoms with Gasteiger partial charge in [0.2, 0.25) is 5.91 Å². The van der Waals surface area contributed by atoms with Gasteiger partial charge >= 0.3 is 6.09 Å². The predicted octanol–water partition coefficient (Wildman–Crippen LogP) is 2.20. The molecule has 3 amide bonds. The Bertz CT molecular complexity index is 698. The van der Waals surface area contributed by atoms with Crippen molar-refractivity contribution in [1.82, 2.24) is 9.80 Å². The van der Waals surface area contributed by atoms with Crippen molar-refractivity contribution in [3.63, 3.8) is 0 Å². The summed E-state index contributed by atoms with van der Waals surface area (Å²) in [6.45, 7) is 6.02. The molecule has 1 aromatic carbocycles. The van der Waals surface area contributed by atoms with Crippen molar-refractivity contribution in [3.8, 4) is 0 Å². The van der Waals surface area contributed by atoms with Crippen molar-refractivity contribution >= 4 is 23.6 Å². The Morgan fingerprint density at radius 2 is 1.81 bits per heavy atom. The number of carbonyl (C=O) groups excluding carboxylic acids is 3. The second-order valence-electron chi connectivity index (χ2n) is 6.87. The third-order valence-corrected chi connectivity index (χ3v) is 4.92. The largest absolute Gasteiger partial charge is 0.450 e. The van der Waals surface area contributed by atoms with Gasteiger partial charge in [-0.3, -0.25) is 9.59 Å². The first-order chi connectivity index (χ1) is 12.5. The second-order valence-corrected chi connectivity index (χ2v) is 6.87. The summed E-state index contributed by atoms with van der Waals surface area (Å²) in [6.07, 6.45) is 0.591. The molecule has 140 valence electrons. The first kappa shape index (κ1) is 18.2. The average molecular weight is 359 g/mol. The lowest BCUT2D eigenvalue weighted by molar-refractivity contribution is -0.117. The maximum Gasteiger partial charge on any atom is 0.409 e. The maximum absolute atomic E-state index is 12.7. The summed E-state index contributed by atoms with van der Waals surface area (Å²) in [5.74, 6) is 0.454. The summed E-state index contributed by atoms with van der Waals surface area (Å²) >= 11 is 0. The lowest BCUT2D eigenvalue weighted by atomic mass is 10.1. The van der Waals surface area contributed by atoms with Gasteiger partial charge in [0, 0.05) is 43.3 Å². The summed E-state index contributed by atoms with van der Waals surface area (Å²) in [4.78, 5) is 39.9. The fourth-order valence-corrected chi connectivity index (χ4v) is 3.14. The number of nitrogens with one attached hydrogen (secondary N) is 1. The van der Waals surface area contributed by atoms with E-state index in [0.717, 1.165) is 6.42 Å². The highest BCUT2D eigenvalue weighted by atomic mass is 16.6. The van der Waals surface area contributed by atoms with Gasteiger partial charge < -0.3 is 19.9 Å². The van der Waals surface area contributed by atoms with E-state index in [1.54, 1.807) is 41.0 Å². The fraction of sp³-hybridized carbons (Fsp3) is 0.526. The van der Waals surface area contributed by atoms with Gasteiger partial charge in [-0.2, -0.15) is 0 Å². The van der Waals surface area contributed by atoms with Crippen LogP contribution in [0.2, 0.25) is 0 Å². The Hall–Kier alpha value is -2.57. The molecule has 1 saturated heterocycles. The Morgan fingerprint density at radius 1 is 1.15 bits per heavy atom. The van der Waals surface area contributed by atoms with E-state index in [9.17, 15) is 14.4 Å². The number of carbonyl (C=O) groups is 3. The number of hydrogen-bond donors (Lipinski definition) is 1. The third-order valence-electron chi connectivity index (χ3n) is 4.92. The van der Waals surface area contributed by atoms with Crippen molar-refractivity contribution in [2.45, 2.75) is 20.3 Å². The molecule has 1 heterocycles. The SMILES string of the molecule is CCOC(=O)N1CCN(C(=O)c2cccc(NC(=O)C3CC3C)c2)CC1. The zero-order valence-corrected chi connectivity index (χ0v) is 15.2. The van der Waals surface area contributed by atoms with Crippen molar-refractivity contribution in [1.29, 1.82) is 0 Å². The van der Waals surface area contributed by atoms with Gasteiger partial charge in [0.15, 0.2) is 0 Å². The van der Waals surface area contributed by atoms with Crippen LogP contribution in [0.25, 0.3) is 0 Å². The summed E-state index contributed by atoms with van der Waals surface area (Å²) in [7, 11) is 0. The molecule has 0 spiro atoms. The molecule has 2 unspecified atom stereocenters. The van der Waals surface area contributed by atoms with E-state index in [4.69, 9.17) is 4.74 Å². The highest BCUT2D eigenvalue weighted by Crippen LogP contribution is 2.38. The van der Waals surface area contributed by atoms with E-state index >= 15 is 0 Å². The highest BCUT2D eigenvalue weighted by Gasteiger charge is 2.39. The number of rotatable bonds is 4. The standard InChI is InChI=1S/C19H25N3O4/c1-3-26-19(25)22-9-7-21(8-10-22)18(24)14-5-4-6-15(12-14)20-17(23)16-11-13(16)2/h4-6,12-13,16H,3,7-11H2,1-2H3,(H,20,23). The normalized spacial score (nSPS) is 21.9. The minimum atomic E-state index is -0.335. The van der Waals surface area contributed by atoms with E-state index in [1.807, 2.05) is 0 Å². The van der Waals surface area contributed by atoms with E-state index < -0.39 is 0 Å². The van der Waals surface area contributed by atoms with Gasteiger partial charge in [0.25, 0.3) is 5.91 Å². The molecule has 2 aliphatic rings. The first-order valence-electron chi connectivity index (χ1n) is 9.11. The summed E-state index contributed by atoms with van der Waals surface area (Å²) in [5.41, 5.74) is 1.18. The minimum Gasteiger partial charge on any atom is -0.450 e. The van der Waals surface area contributed by atoms with Gasteiger partial charge in [-0.15, -0.1) is 0 Å². The average Bonchev–Trinajstić information content (AvgIpc) is 3.38. The van der Waals surface area contributed by atoms with Crippen LogP contribution in [0.5, 0.6) is 0 Å². The fourth-order valence-electron chi connectivity index (χ4n) is 3.14. The van der Waals surface area contributed by atoms with Gasteiger partial charge in [-0.05, 0) is 37.5 Å². The van der Waals surface area contributed by atoms with Crippen LogP contribution in [0.3, 0.4) is 0 Å². The molecule has 2 atom stereocenters. The molecule has 0 radical (unpaired) electrons. The first-order valence-corrected chi connectivity index (χ1v) is 9.11. The molecule has 3 rings (SSSR count). The summed E-state index contributed by atoms with van der Waals surface area (Å²) in [6, 6.07) is 7.02. The lowest BCUT2D eigenvalue weighted by Gasteiger charge is -2.34. The van der Waals surface area contributed by atoms with E-state index in [1.165, 1.54) is 0 Å². The molecule has 7 nitrogen and oxygen atoms in total. The molecule has 1 N–H and O–H groups in total. The van der Waals surface area contributed by atoms with E-state index in [2.05, 4.69) is 12.2 Å². The summed E-state index contributed by atoms with van der Waals surface area (Å²) < 4.78 is 4.99. The van der Waals surface area contributed by atoms with Crippen molar-refractivity contribution < 1.29 is 19.1 Å². The number of hydrogen-bond acceptors (Lipinski definition) is 4. The molecule has 2 fully saturated rings. The van der Waals surface area contributed by atoms with Gasteiger partial charge in [0.05, 0.1) is 6.61 Å². The predicted molar refractivity (Wildman–Crippen MR) is 96.8 cm³/mol. The Kier molecular flexibility index (Phi) is 5.44. The smallest absolute Gasteiger partial charge is 0.409 e. The molecule has 1 aliphatic heterocycles. The maximum atomic E-state index is 12.7. The molecule has 0 bridgehead atoms. The van der Waals surface area contributed by atoms with E-state index in [0.29, 0.717) is 50.0 Å². The van der Waals surface area contributed by atoms with Crippen LogP contribution in [0.1, 0.15) is 30.6 Å². The number of nitrogens with zero attached hydrogens (tertiary/aromatic N) is 2. The number of anilines is 1. The molecule has 0 aromatic heterocycles. The van der Waals surface area contributed by atoms with Crippen molar-refractivity contribution in [2.24, 2.45) is 11.8 Å².